The van der Waals surface area contributed by atoms with Crippen molar-refractivity contribution in [1.82, 2.24) is 4.90 Å². The van der Waals surface area contributed by atoms with Crippen LogP contribution in [0.1, 0.15) is 25.7 Å². The predicted octanol–water partition coefficient (Wildman–Crippen LogP) is 2.38. The van der Waals surface area contributed by atoms with Crippen LogP contribution >= 0.6 is 0 Å². The number of aliphatic imine (C=N–C) groups is 1. The fourth-order valence-corrected chi connectivity index (χ4v) is 2.71. The van der Waals surface area contributed by atoms with Crippen LogP contribution in [0, 0.1) is 5.82 Å². The molecule has 0 saturated heterocycles. The van der Waals surface area contributed by atoms with Gasteiger partial charge in [-0.2, -0.15) is 0 Å². The number of halogens is 1. The lowest BCUT2D eigenvalue weighted by Crippen LogP contribution is -2.43. The van der Waals surface area contributed by atoms with E-state index in [1.807, 2.05) is 0 Å². The molecule has 1 aliphatic heterocycles. The van der Waals surface area contributed by atoms with E-state index in [4.69, 9.17) is 0 Å². The predicted molar refractivity (Wildman–Crippen MR) is 71.4 cm³/mol. The number of nitrogens with one attached hydrogen (secondary N) is 1. The van der Waals surface area contributed by atoms with E-state index in [1.54, 1.807) is 17.0 Å². The van der Waals surface area contributed by atoms with Crippen LogP contribution in [0.4, 0.5) is 10.1 Å². The minimum absolute atomic E-state index is 0.0523. The molecular formula is C14H16FN3O. The Morgan fingerprint density at radius 2 is 1.89 bits per heavy atom. The smallest absolute Gasteiger partial charge is 0.251 e. The van der Waals surface area contributed by atoms with E-state index in [2.05, 4.69) is 10.3 Å². The number of anilines is 1. The number of nitrogens with zero attached hydrogens (tertiary/aromatic N) is 2. The standard InChI is InChI=1S/C14H16FN3O/c15-10-5-7-11(8-6-10)17-14-16-9-13(19)18(14)12-3-1-2-4-12/h5-8,12H,1-4,9H2,(H,16,17). The first-order valence-electron chi connectivity index (χ1n) is 6.63. The van der Waals surface area contributed by atoms with Crippen LogP contribution in [-0.2, 0) is 4.79 Å². The summed E-state index contributed by atoms with van der Waals surface area (Å²) in [4.78, 5) is 18.0. The number of benzene rings is 1. The van der Waals surface area contributed by atoms with E-state index >= 15 is 0 Å². The Morgan fingerprint density at radius 1 is 1.21 bits per heavy atom. The molecule has 0 aromatic heterocycles. The van der Waals surface area contributed by atoms with Gasteiger partial charge in [-0.3, -0.25) is 9.69 Å². The lowest BCUT2D eigenvalue weighted by atomic mass is 10.2. The second-order valence-electron chi connectivity index (χ2n) is 4.97. The Labute approximate surface area is 111 Å². The van der Waals surface area contributed by atoms with E-state index in [-0.39, 0.29) is 24.3 Å². The van der Waals surface area contributed by atoms with Gasteiger partial charge in [0.05, 0.1) is 0 Å². The number of amides is 1. The van der Waals surface area contributed by atoms with Crippen molar-refractivity contribution in [3.8, 4) is 0 Å². The fourth-order valence-electron chi connectivity index (χ4n) is 2.71. The van der Waals surface area contributed by atoms with Crippen LogP contribution in [0.3, 0.4) is 0 Å². The molecule has 0 spiro atoms. The molecule has 3 rings (SSSR count). The minimum Gasteiger partial charge on any atom is -0.326 e. The fraction of sp³-hybridized carbons (Fsp3) is 0.429. The number of guanidine groups is 1. The number of carbonyl (C=O) groups excluding carboxylic acids is 1. The average molecular weight is 261 g/mol. The highest BCUT2D eigenvalue weighted by molar-refractivity contribution is 6.09. The van der Waals surface area contributed by atoms with Gasteiger partial charge in [-0.25, -0.2) is 9.38 Å². The quantitative estimate of drug-likeness (QED) is 0.888. The van der Waals surface area contributed by atoms with Crippen LogP contribution in [-0.4, -0.2) is 29.4 Å². The first kappa shape index (κ1) is 12.1. The molecule has 0 bridgehead atoms. The van der Waals surface area contributed by atoms with Crippen LogP contribution in [0.2, 0.25) is 0 Å². The van der Waals surface area contributed by atoms with Crippen LogP contribution in [0.25, 0.3) is 0 Å². The molecule has 1 aliphatic carbocycles. The maximum Gasteiger partial charge on any atom is 0.251 e. The maximum absolute atomic E-state index is 12.9. The van der Waals surface area contributed by atoms with E-state index < -0.39 is 0 Å². The summed E-state index contributed by atoms with van der Waals surface area (Å²) in [5.41, 5.74) is 0.748. The number of carbonyl (C=O) groups is 1. The first-order chi connectivity index (χ1) is 9.24. The Hall–Kier alpha value is -1.91. The average Bonchev–Trinajstić information content (AvgIpc) is 3.02. The Balaban J connectivity index is 1.75. The van der Waals surface area contributed by atoms with Crippen LogP contribution in [0.5, 0.6) is 0 Å². The molecule has 0 unspecified atom stereocenters. The third-order valence-corrected chi connectivity index (χ3v) is 3.65. The molecule has 5 heteroatoms. The zero-order valence-corrected chi connectivity index (χ0v) is 10.6. The summed E-state index contributed by atoms with van der Waals surface area (Å²) in [5, 5.41) is 3.11. The summed E-state index contributed by atoms with van der Waals surface area (Å²) in [7, 11) is 0. The molecule has 1 amide bonds. The maximum atomic E-state index is 12.9. The molecule has 2 aliphatic rings. The van der Waals surface area contributed by atoms with E-state index in [9.17, 15) is 9.18 Å². The largest absolute Gasteiger partial charge is 0.326 e. The highest BCUT2D eigenvalue weighted by atomic mass is 19.1. The first-order valence-corrected chi connectivity index (χ1v) is 6.63. The van der Waals surface area contributed by atoms with E-state index in [0.29, 0.717) is 5.96 Å². The zero-order valence-electron chi connectivity index (χ0n) is 10.6. The number of hydrogen-bond donors (Lipinski definition) is 1. The summed E-state index contributed by atoms with van der Waals surface area (Å²) in [6, 6.07) is 6.34. The van der Waals surface area contributed by atoms with Gasteiger partial charge < -0.3 is 5.32 Å². The molecular weight excluding hydrogens is 245 g/mol. The van der Waals surface area contributed by atoms with Gasteiger partial charge >= 0.3 is 0 Å². The van der Waals surface area contributed by atoms with Crippen LogP contribution in [0.15, 0.2) is 29.3 Å². The molecule has 1 fully saturated rings. The topological polar surface area (TPSA) is 44.7 Å². The molecule has 1 heterocycles. The summed E-state index contributed by atoms with van der Waals surface area (Å²) in [5.74, 6) is 0.377. The highest BCUT2D eigenvalue weighted by Gasteiger charge is 2.33. The SMILES string of the molecule is O=C1CN=C(Nc2ccc(F)cc2)N1C1CCCC1. The van der Waals surface area contributed by atoms with Crippen molar-refractivity contribution in [2.45, 2.75) is 31.7 Å². The molecule has 100 valence electrons. The number of hydrogen-bond acceptors (Lipinski definition) is 3. The third-order valence-electron chi connectivity index (χ3n) is 3.65. The van der Waals surface area contributed by atoms with Crippen molar-refractivity contribution in [2.75, 3.05) is 11.9 Å². The summed E-state index contributed by atoms with van der Waals surface area (Å²) >= 11 is 0. The van der Waals surface area contributed by atoms with Gasteiger partial charge in [-0.15, -0.1) is 0 Å². The zero-order chi connectivity index (χ0) is 13.2. The molecule has 4 nitrogen and oxygen atoms in total. The lowest BCUT2D eigenvalue weighted by Gasteiger charge is -2.25. The van der Waals surface area contributed by atoms with Gasteiger partial charge in [0.2, 0.25) is 5.96 Å². The van der Waals surface area contributed by atoms with Crippen molar-refractivity contribution in [2.24, 2.45) is 4.99 Å². The van der Waals surface area contributed by atoms with Gasteiger partial charge in [0, 0.05) is 11.7 Å². The lowest BCUT2D eigenvalue weighted by molar-refractivity contribution is -0.126. The summed E-state index contributed by atoms with van der Waals surface area (Å²) in [6.45, 7) is 0.208. The van der Waals surface area contributed by atoms with Crippen molar-refractivity contribution in [1.29, 1.82) is 0 Å². The second kappa shape index (κ2) is 4.99. The Kier molecular flexibility index (Phi) is 3.19. The van der Waals surface area contributed by atoms with E-state index in [1.165, 1.54) is 12.1 Å². The minimum atomic E-state index is -0.275. The molecule has 1 aromatic carbocycles. The van der Waals surface area contributed by atoms with Crippen molar-refractivity contribution >= 4 is 17.6 Å². The van der Waals surface area contributed by atoms with Gasteiger partial charge in [0.25, 0.3) is 5.91 Å². The summed E-state index contributed by atoms with van der Waals surface area (Å²) in [6.07, 6.45) is 4.41. The van der Waals surface area contributed by atoms with Gasteiger partial charge in [-0.05, 0) is 37.1 Å². The molecule has 1 N–H and O–H groups in total. The molecule has 19 heavy (non-hydrogen) atoms. The second-order valence-corrected chi connectivity index (χ2v) is 4.97. The third kappa shape index (κ3) is 2.45. The number of rotatable bonds is 2. The normalized spacial score (nSPS) is 19.9. The van der Waals surface area contributed by atoms with Gasteiger partial charge in [-0.1, -0.05) is 12.8 Å². The van der Waals surface area contributed by atoms with Crippen LogP contribution < -0.4 is 5.32 Å². The van der Waals surface area contributed by atoms with E-state index in [0.717, 1.165) is 31.4 Å². The molecule has 1 saturated carbocycles. The Morgan fingerprint density at radius 3 is 2.58 bits per heavy atom. The molecule has 0 radical (unpaired) electrons. The summed E-state index contributed by atoms with van der Waals surface area (Å²) < 4.78 is 12.9. The highest BCUT2D eigenvalue weighted by Crippen LogP contribution is 2.26. The van der Waals surface area contributed by atoms with Crippen molar-refractivity contribution in [3.63, 3.8) is 0 Å². The molecule has 1 aromatic rings. The van der Waals surface area contributed by atoms with Crippen molar-refractivity contribution < 1.29 is 9.18 Å². The van der Waals surface area contributed by atoms with Gasteiger partial charge in [0.15, 0.2) is 0 Å². The monoisotopic (exact) mass is 261 g/mol. The molecule has 0 atom stereocenters. The van der Waals surface area contributed by atoms with Crippen molar-refractivity contribution in [3.05, 3.63) is 30.1 Å². The van der Waals surface area contributed by atoms with Gasteiger partial charge in [0.1, 0.15) is 12.4 Å². The Bertz CT molecular complexity index is 506.